The van der Waals surface area contributed by atoms with Crippen LogP contribution in [0.4, 0.5) is 13.2 Å². The van der Waals surface area contributed by atoms with E-state index in [4.69, 9.17) is 14.5 Å². The lowest BCUT2D eigenvalue weighted by atomic mass is 10.0. The van der Waals surface area contributed by atoms with Gasteiger partial charge in [0.2, 0.25) is 0 Å². The number of rotatable bonds is 26. The number of ether oxygens (including phenoxy) is 2. The molecule has 3 rings (SSSR count). The molecule has 0 spiro atoms. The van der Waals surface area contributed by atoms with E-state index < -0.39 is 12.3 Å². The molecule has 1 atom stereocenters. The fraction of sp³-hybridized carbons (Fsp3) is 0.581. The van der Waals surface area contributed by atoms with Gasteiger partial charge in [0.1, 0.15) is 0 Å². The SMILES string of the molecule is CCCCCCCCCCCCCCCc1ccc(-c2ccc(-c3ccc(C(=O)OCCCCCCCOC(C)C(F)(F)F)cc3)cn2)cc1. The third kappa shape index (κ3) is 16.7. The summed E-state index contributed by atoms with van der Waals surface area (Å²) in [5.41, 5.74) is 5.87. The molecule has 0 aliphatic heterocycles. The van der Waals surface area contributed by atoms with Gasteiger partial charge in [0, 0.05) is 23.9 Å². The maximum atomic E-state index is 12.5. The largest absolute Gasteiger partial charge is 0.462 e. The zero-order chi connectivity index (χ0) is 35.9. The molecule has 0 saturated heterocycles. The Hall–Kier alpha value is -3.19. The van der Waals surface area contributed by atoms with Crippen LogP contribution in [-0.4, -0.2) is 36.4 Å². The molecule has 0 radical (unpaired) electrons. The molecule has 3 aromatic rings. The average Bonchev–Trinajstić information content (AvgIpc) is 3.12. The van der Waals surface area contributed by atoms with E-state index in [9.17, 15) is 18.0 Å². The third-order valence-electron chi connectivity index (χ3n) is 9.39. The van der Waals surface area contributed by atoms with E-state index in [1.807, 2.05) is 24.4 Å². The summed E-state index contributed by atoms with van der Waals surface area (Å²) in [5.74, 6) is -0.364. The summed E-state index contributed by atoms with van der Waals surface area (Å²) < 4.78 is 47.5. The van der Waals surface area contributed by atoms with Crippen LogP contribution in [0.1, 0.15) is 145 Å². The molecule has 0 fully saturated rings. The van der Waals surface area contributed by atoms with Crippen LogP contribution in [0.15, 0.2) is 66.9 Å². The Morgan fingerprint density at radius 3 is 1.66 bits per heavy atom. The number of aromatic nitrogens is 1. The number of carbonyl (C=O) groups excluding carboxylic acids is 1. The highest BCUT2D eigenvalue weighted by atomic mass is 19.4. The maximum Gasteiger partial charge on any atom is 0.414 e. The quantitative estimate of drug-likeness (QED) is 0.0619. The van der Waals surface area contributed by atoms with Gasteiger partial charge in [-0.2, -0.15) is 13.2 Å². The van der Waals surface area contributed by atoms with Gasteiger partial charge in [0.25, 0.3) is 0 Å². The number of pyridine rings is 1. The number of carbonyl (C=O) groups is 1. The summed E-state index contributed by atoms with van der Waals surface area (Å²) in [7, 11) is 0. The van der Waals surface area contributed by atoms with E-state index >= 15 is 0 Å². The molecule has 1 aromatic heterocycles. The normalized spacial score (nSPS) is 12.3. The zero-order valence-electron chi connectivity index (χ0n) is 30.6. The molecule has 276 valence electrons. The number of nitrogens with zero attached hydrogens (tertiary/aromatic N) is 1. The van der Waals surface area contributed by atoms with Gasteiger partial charge in [0.15, 0.2) is 6.10 Å². The number of esters is 1. The van der Waals surface area contributed by atoms with Gasteiger partial charge in [-0.25, -0.2) is 4.79 Å². The van der Waals surface area contributed by atoms with Crippen molar-refractivity contribution in [1.29, 1.82) is 0 Å². The Labute approximate surface area is 299 Å². The van der Waals surface area contributed by atoms with Crippen molar-refractivity contribution in [3.63, 3.8) is 0 Å². The number of alkyl halides is 3. The van der Waals surface area contributed by atoms with E-state index in [1.54, 1.807) is 12.1 Å². The van der Waals surface area contributed by atoms with E-state index in [1.165, 1.54) is 89.0 Å². The molecule has 0 N–H and O–H groups in total. The summed E-state index contributed by atoms with van der Waals surface area (Å²) in [4.78, 5) is 17.2. The first-order valence-corrected chi connectivity index (χ1v) is 19.3. The van der Waals surface area contributed by atoms with E-state index in [0.717, 1.165) is 55.0 Å². The molecule has 2 aromatic carbocycles. The molecule has 7 heteroatoms. The summed E-state index contributed by atoms with van der Waals surface area (Å²) in [5, 5.41) is 0. The Balaban J connectivity index is 1.27. The summed E-state index contributed by atoms with van der Waals surface area (Å²) in [6, 6.07) is 20.2. The molecule has 0 aliphatic carbocycles. The van der Waals surface area contributed by atoms with Gasteiger partial charge in [-0.3, -0.25) is 4.98 Å². The Morgan fingerprint density at radius 2 is 1.12 bits per heavy atom. The number of hydrogen-bond donors (Lipinski definition) is 0. The minimum atomic E-state index is -4.31. The lowest BCUT2D eigenvalue weighted by Crippen LogP contribution is -2.28. The molecular formula is C43H60F3NO3. The predicted octanol–water partition coefficient (Wildman–Crippen LogP) is 13.1. The van der Waals surface area contributed by atoms with Gasteiger partial charge in [-0.05, 0) is 61.9 Å². The van der Waals surface area contributed by atoms with E-state index in [2.05, 4.69) is 37.3 Å². The molecule has 0 bridgehead atoms. The van der Waals surface area contributed by atoms with Gasteiger partial charge < -0.3 is 9.47 Å². The van der Waals surface area contributed by atoms with E-state index in [0.29, 0.717) is 25.0 Å². The fourth-order valence-corrected chi connectivity index (χ4v) is 6.06. The highest BCUT2D eigenvalue weighted by molar-refractivity contribution is 5.90. The first-order chi connectivity index (χ1) is 24.3. The first-order valence-electron chi connectivity index (χ1n) is 19.3. The molecule has 0 amide bonds. The fourth-order valence-electron chi connectivity index (χ4n) is 6.06. The minimum Gasteiger partial charge on any atom is -0.462 e. The molecule has 1 unspecified atom stereocenters. The standard InChI is InChI=1S/C43H60F3NO3/c1-3-4-5-6-7-8-9-10-11-12-13-15-18-21-36-22-24-38(25-23-36)41-31-30-40(34-47-41)37-26-28-39(29-27-37)42(48)50-33-20-17-14-16-19-32-49-35(2)43(44,45)46/h22-31,34-35H,3-21,32-33H2,1-2H3. The topological polar surface area (TPSA) is 48.4 Å². The van der Waals surface area contributed by atoms with Crippen molar-refractivity contribution >= 4 is 5.97 Å². The second-order valence-electron chi connectivity index (χ2n) is 13.7. The van der Waals surface area contributed by atoms with Crippen molar-refractivity contribution in [2.24, 2.45) is 0 Å². The lowest BCUT2D eigenvalue weighted by molar-refractivity contribution is -0.214. The Bertz CT molecular complexity index is 1310. The number of aryl methyl sites for hydroxylation is 1. The Kier molecular flexibility index (Phi) is 19.9. The van der Waals surface area contributed by atoms with Crippen molar-refractivity contribution in [1.82, 2.24) is 4.98 Å². The number of unbranched alkanes of at least 4 members (excludes halogenated alkanes) is 16. The summed E-state index contributed by atoms with van der Waals surface area (Å²) in [6.45, 7) is 3.71. The van der Waals surface area contributed by atoms with Crippen LogP contribution >= 0.6 is 0 Å². The maximum absolute atomic E-state index is 12.5. The summed E-state index contributed by atoms with van der Waals surface area (Å²) >= 11 is 0. The number of benzene rings is 2. The van der Waals surface area contributed by atoms with Crippen molar-refractivity contribution in [2.75, 3.05) is 13.2 Å². The molecule has 4 nitrogen and oxygen atoms in total. The van der Waals surface area contributed by atoms with Crippen LogP contribution in [-0.2, 0) is 15.9 Å². The minimum absolute atomic E-state index is 0.0965. The van der Waals surface area contributed by atoms with Crippen molar-refractivity contribution in [2.45, 2.75) is 148 Å². The molecule has 50 heavy (non-hydrogen) atoms. The second-order valence-corrected chi connectivity index (χ2v) is 13.7. The second kappa shape index (κ2) is 24.1. The molecule has 1 heterocycles. The average molecular weight is 696 g/mol. The molecular weight excluding hydrogens is 635 g/mol. The van der Waals surface area contributed by atoms with Crippen LogP contribution in [0.3, 0.4) is 0 Å². The van der Waals surface area contributed by atoms with Crippen LogP contribution in [0.2, 0.25) is 0 Å². The van der Waals surface area contributed by atoms with Gasteiger partial charge in [-0.1, -0.05) is 146 Å². The zero-order valence-corrected chi connectivity index (χ0v) is 30.6. The van der Waals surface area contributed by atoms with Gasteiger partial charge in [-0.15, -0.1) is 0 Å². The van der Waals surface area contributed by atoms with E-state index in [-0.39, 0.29) is 12.6 Å². The first kappa shape index (κ1) is 41.2. The molecule has 0 saturated carbocycles. The van der Waals surface area contributed by atoms with Crippen molar-refractivity contribution in [3.8, 4) is 22.4 Å². The Morgan fingerprint density at radius 1 is 0.620 bits per heavy atom. The third-order valence-corrected chi connectivity index (χ3v) is 9.39. The van der Waals surface area contributed by atoms with Gasteiger partial charge in [0.05, 0.1) is 17.9 Å². The highest BCUT2D eigenvalue weighted by Gasteiger charge is 2.36. The predicted molar refractivity (Wildman–Crippen MR) is 199 cm³/mol. The van der Waals surface area contributed by atoms with Crippen LogP contribution in [0.25, 0.3) is 22.4 Å². The van der Waals surface area contributed by atoms with Crippen molar-refractivity contribution < 1.29 is 27.4 Å². The highest BCUT2D eigenvalue weighted by Crippen LogP contribution is 2.25. The van der Waals surface area contributed by atoms with Crippen molar-refractivity contribution in [3.05, 3.63) is 78.0 Å². The van der Waals surface area contributed by atoms with Crippen LogP contribution < -0.4 is 0 Å². The smallest absolute Gasteiger partial charge is 0.414 e. The molecule has 0 aliphatic rings. The monoisotopic (exact) mass is 695 g/mol. The van der Waals surface area contributed by atoms with Gasteiger partial charge >= 0.3 is 12.1 Å². The van der Waals surface area contributed by atoms with Crippen LogP contribution in [0.5, 0.6) is 0 Å². The lowest BCUT2D eigenvalue weighted by Gasteiger charge is -2.16. The van der Waals surface area contributed by atoms with Crippen LogP contribution in [0, 0.1) is 0 Å². The summed E-state index contributed by atoms with van der Waals surface area (Å²) in [6.07, 6.45) is 18.6. The number of halogens is 3. The number of hydrogen-bond acceptors (Lipinski definition) is 4.